The van der Waals surface area contributed by atoms with E-state index in [0.29, 0.717) is 25.1 Å². The highest BCUT2D eigenvalue weighted by molar-refractivity contribution is 7.89. The number of β-amino-alcohol motifs (C(OH)–C–C–N with tert-alkyl or cyclic N) is 1. The topological polar surface area (TPSA) is 86.7 Å². The van der Waals surface area contributed by atoms with Crippen molar-refractivity contribution in [3.8, 4) is 0 Å². The summed E-state index contributed by atoms with van der Waals surface area (Å²) in [4.78, 5) is 12.1. The van der Waals surface area contributed by atoms with Crippen molar-refractivity contribution in [3.63, 3.8) is 0 Å². The van der Waals surface area contributed by atoms with Gasteiger partial charge in [0.05, 0.1) is 11.0 Å². The lowest BCUT2D eigenvalue weighted by atomic mass is 9.85. The van der Waals surface area contributed by atoms with E-state index < -0.39 is 16.1 Å². The third-order valence-electron chi connectivity index (χ3n) is 4.57. The first-order chi connectivity index (χ1) is 11.0. The molecule has 1 atom stereocenters. The van der Waals surface area contributed by atoms with Gasteiger partial charge < -0.3 is 10.4 Å². The first-order valence-corrected chi connectivity index (χ1v) is 9.50. The molecule has 126 valence electrons. The summed E-state index contributed by atoms with van der Waals surface area (Å²) in [5, 5.41) is 12.5. The van der Waals surface area contributed by atoms with Crippen molar-refractivity contribution in [2.75, 3.05) is 18.4 Å². The number of piperidine rings is 1. The average Bonchev–Trinajstić information content (AvgIpc) is 2.45. The number of hydrogen-bond acceptors (Lipinski definition) is 4. The molecule has 0 radical (unpaired) electrons. The second-order valence-electron chi connectivity index (χ2n) is 6.30. The molecule has 0 spiro atoms. The quantitative estimate of drug-likeness (QED) is 0.872. The van der Waals surface area contributed by atoms with Gasteiger partial charge in [-0.05, 0) is 43.9 Å². The van der Waals surface area contributed by atoms with Gasteiger partial charge in [-0.25, -0.2) is 8.42 Å². The summed E-state index contributed by atoms with van der Waals surface area (Å²) in [6, 6.07) is 6.34. The highest BCUT2D eigenvalue weighted by Crippen LogP contribution is 2.28. The lowest BCUT2D eigenvalue weighted by molar-refractivity contribution is -0.122. The molecule has 0 unspecified atom stereocenters. The third-order valence-corrected chi connectivity index (χ3v) is 6.44. The molecule has 1 aliphatic carbocycles. The number of nitrogens with zero attached hydrogens (tertiary/aromatic N) is 1. The number of carbonyl (C=O) groups is 1. The summed E-state index contributed by atoms with van der Waals surface area (Å²) in [6.07, 6.45) is 3.54. The standard InChI is InChI=1S/C16H22N2O4S/c19-14-7-3-9-18(11-14)23(21,22)15-8-2-6-13(10-15)17-16(20)12-4-1-5-12/h2,6,8,10,12,14,19H,1,3-5,7,9,11H2,(H,17,20)/t14-/m1/s1. The van der Waals surface area contributed by atoms with E-state index in [4.69, 9.17) is 0 Å². The number of aliphatic hydroxyl groups is 1. The lowest BCUT2D eigenvalue weighted by Crippen LogP contribution is -2.42. The highest BCUT2D eigenvalue weighted by Gasteiger charge is 2.30. The molecule has 1 saturated heterocycles. The SMILES string of the molecule is O=C(Nc1cccc(S(=O)(=O)N2CCC[C@@H](O)C2)c1)C1CCC1. The van der Waals surface area contributed by atoms with Gasteiger partial charge in [0, 0.05) is 24.7 Å². The number of anilines is 1. The summed E-state index contributed by atoms with van der Waals surface area (Å²) in [7, 11) is -3.64. The van der Waals surface area contributed by atoms with Crippen molar-refractivity contribution in [3.05, 3.63) is 24.3 Å². The molecule has 2 N–H and O–H groups in total. The number of benzene rings is 1. The molecular weight excluding hydrogens is 316 g/mol. The Labute approximate surface area is 136 Å². The zero-order valence-electron chi connectivity index (χ0n) is 12.9. The molecule has 7 heteroatoms. The average molecular weight is 338 g/mol. The van der Waals surface area contributed by atoms with E-state index in [-0.39, 0.29) is 23.3 Å². The van der Waals surface area contributed by atoms with Crippen LogP contribution < -0.4 is 5.32 Å². The van der Waals surface area contributed by atoms with E-state index in [9.17, 15) is 18.3 Å². The van der Waals surface area contributed by atoms with Crippen molar-refractivity contribution in [2.45, 2.75) is 43.1 Å². The maximum atomic E-state index is 12.7. The third kappa shape index (κ3) is 3.57. The van der Waals surface area contributed by atoms with Crippen molar-refractivity contribution >= 4 is 21.6 Å². The predicted octanol–water partition coefficient (Wildman–Crippen LogP) is 1.57. The summed E-state index contributed by atoms with van der Waals surface area (Å²) in [6.45, 7) is 0.541. The van der Waals surface area contributed by atoms with E-state index >= 15 is 0 Å². The fourth-order valence-electron chi connectivity index (χ4n) is 2.94. The van der Waals surface area contributed by atoms with Gasteiger partial charge >= 0.3 is 0 Å². The van der Waals surface area contributed by atoms with E-state index in [1.54, 1.807) is 12.1 Å². The minimum atomic E-state index is -3.64. The second-order valence-corrected chi connectivity index (χ2v) is 8.24. The maximum Gasteiger partial charge on any atom is 0.243 e. The van der Waals surface area contributed by atoms with Gasteiger partial charge in [-0.3, -0.25) is 4.79 Å². The molecule has 1 saturated carbocycles. The van der Waals surface area contributed by atoms with Gasteiger partial charge in [-0.15, -0.1) is 0 Å². The van der Waals surface area contributed by atoms with Crippen LogP contribution in [0.2, 0.25) is 0 Å². The van der Waals surface area contributed by atoms with E-state index in [0.717, 1.165) is 19.3 Å². The fraction of sp³-hybridized carbons (Fsp3) is 0.562. The molecule has 2 aliphatic rings. The minimum Gasteiger partial charge on any atom is -0.392 e. The van der Waals surface area contributed by atoms with Gasteiger partial charge in [-0.2, -0.15) is 4.31 Å². The Kier molecular flexibility index (Phi) is 4.70. The van der Waals surface area contributed by atoms with E-state index in [1.807, 2.05) is 0 Å². The van der Waals surface area contributed by atoms with Crippen LogP contribution in [0.15, 0.2) is 29.2 Å². The van der Waals surface area contributed by atoms with Crippen LogP contribution >= 0.6 is 0 Å². The Morgan fingerprint density at radius 2 is 2.00 bits per heavy atom. The zero-order chi connectivity index (χ0) is 16.4. The molecule has 0 bridgehead atoms. The molecule has 0 aromatic heterocycles. The normalized spacial score (nSPS) is 23.3. The maximum absolute atomic E-state index is 12.7. The Morgan fingerprint density at radius 3 is 2.65 bits per heavy atom. The molecule has 1 aromatic rings. The molecule has 1 aliphatic heterocycles. The van der Waals surface area contributed by atoms with Crippen molar-refractivity contribution in [1.82, 2.24) is 4.31 Å². The fourth-order valence-corrected chi connectivity index (χ4v) is 4.50. The van der Waals surface area contributed by atoms with Crippen LogP contribution in [0, 0.1) is 5.92 Å². The van der Waals surface area contributed by atoms with Gasteiger partial charge in [-0.1, -0.05) is 12.5 Å². The Balaban J connectivity index is 1.76. The number of aliphatic hydroxyl groups excluding tert-OH is 1. The van der Waals surface area contributed by atoms with Crippen LogP contribution in [0.4, 0.5) is 5.69 Å². The summed E-state index contributed by atoms with van der Waals surface area (Å²) >= 11 is 0. The predicted molar refractivity (Wildman–Crippen MR) is 86.4 cm³/mol. The smallest absolute Gasteiger partial charge is 0.243 e. The second kappa shape index (κ2) is 6.59. The largest absolute Gasteiger partial charge is 0.392 e. The number of sulfonamides is 1. The van der Waals surface area contributed by atoms with Gasteiger partial charge in [0.1, 0.15) is 0 Å². The Morgan fingerprint density at radius 1 is 1.22 bits per heavy atom. The first-order valence-electron chi connectivity index (χ1n) is 8.06. The van der Waals surface area contributed by atoms with Crippen LogP contribution in [0.5, 0.6) is 0 Å². The molecule has 3 rings (SSSR count). The molecule has 6 nitrogen and oxygen atoms in total. The Bertz CT molecular complexity index is 685. The zero-order valence-corrected chi connectivity index (χ0v) is 13.8. The molecule has 1 heterocycles. The van der Waals surface area contributed by atoms with Crippen molar-refractivity contribution in [1.29, 1.82) is 0 Å². The van der Waals surface area contributed by atoms with Crippen LogP contribution in [0.1, 0.15) is 32.1 Å². The minimum absolute atomic E-state index is 0.0424. The van der Waals surface area contributed by atoms with E-state index in [2.05, 4.69) is 5.32 Å². The van der Waals surface area contributed by atoms with Crippen LogP contribution in [0.25, 0.3) is 0 Å². The van der Waals surface area contributed by atoms with Gasteiger partial charge in [0.15, 0.2) is 0 Å². The molecule has 1 aromatic carbocycles. The number of amides is 1. The summed E-state index contributed by atoms with van der Waals surface area (Å²) in [5.74, 6) is 0.00620. The molecule has 2 fully saturated rings. The Hall–Kier alpha value is -1.44. The molecular formula is C16H22N2O4S. The first kappa shape index (κ1) is 16.4. The molecule has 23 heavy (non-hydrogen) atoms. The van der Waals surface area contributed by atoms with Crippen LogP contribution in [-0.2, 0) is 14.8 Å². The number of rotatable bonds is 4. The number of nitrogens with one attached hydrogen (secondary N) is 1. The summed E-state index contributed by atoms with van der Waals surface area (Å²) < 4.78 is 26.7. The van der Waals surface area contributed by atoms with Crippen molar-refractivity contribution < 1.29 is 18.3 Å². The number of hydrogen-bond donors (Lipinski definition) is 2. The lowest BCUT2D eigenvalue weighted by Gasteiger charge is -2.29. The van der Waals surface area contributed by atoms with Crippen LogP contribution in [-0.4, -0.2) is 42.9 Å². The van der Waals surface area contributed by atoms with Gasteiger partial charge in [0.25, 0.3) is 0 Å². The van der Waals surface area contributed by atoms with E-state index in [1.165, 1.54) is 16.4 Å². The highest BCUT2D eigenvalue weighted by atomic mass is 32.2. The van der Waals surface area contributed by atoms with Crippen LogP contribution in [0.3, 0.4) is 0 Å². The molecule has 1 amide bonds. The van der Waals surface area contributed by atoms with Crippen molar-refractivity contribution in [2.24, 2.45) is 5.92 Å². The monoisotopic (exact) mass is 338 g/mol. The summed E-state index contributed by atoms with van der Waals surface area (Å²) in [5.41, 5.74) is 0.500. The number of carbonyl (C=O) groups excluding carboxylic acids is 1. The van der Waals surface area contributed by atoms with Gasteiger partial charge in [0.2, 0.25) is 15.9 Å².